The monoisotopic (exact) mass is 394 g/mol. The zero-order valence-corrected chi connectivity index (χ0v) is 15.2. The Morgan fingerprint density at radius 1 is 1.33 bits per heavy atom. The molecule has 0 aliphatic carbocycles. The van der Waals surface area contributed by atoms with Crippen molar-refractivity contribution in [3.63, 3.8) is 0 Å². The molecule has 0 saturated heterocycles. The number of rotatable bonds is 5. The van der Waals surface area contributed by atoms with E-state index in [9.17, 15) is 8.42 Å². The SMILES string of the molecule is CCOc1c(Br)sc(S(=O)(=O)Nc2onc(C)c2C)c1C. The van der Waals surface area contributed by atoms with Gasteiger partial charge in [-0.2, -0.15) is 0 Å². The van der Waals surface area contributed by atoms with Crippen molar-refractivity contribution in [3.8, 4) is 5.75 Å². The summed E-state index contributed by atoms with van der Waals surface area (Å²) in [4.78, 5) is 0. The van der Waals surface area contributed by atoms with Crippen molar-refractivity contribution in [1.29, 1.82) is 0 Å². The first-order valence-corrected chi connectivity index (χ1v) is 9.24. The van der Waals surface area contributed by atoms with E-state index in [2.05, 4.69) is 25.8 Å². The van der Waals surface area contributed by atoms with Gasteiger partial charge in [0.05, 0.1) is 12.3 Å². The van der Waals surface area contributed by atoms with Crippen LogP contribution in [-0.4, -0.2) is 20.2 Å². The van der Waals surface area contributed by atoms with Gasteiger partial charge in [0.2, 0.25) is 5.88 Å². The number of hydrogen-bond acceptors (Lipinski definition) is 6. The summed E-state index contributed by atoms with van der Waals surface area (Å²) in [5.74, 6) is 0.683. The van der Waals surface area contributed by atoms with Gasteiger partial charge in [-0.15, -0.1) is 11.3 Å². The molecule has 116 valence electrons. The number of aryl methyl sites for hydroxylation is 1. The Hall–Kier alpha value is -1.06. The number of thiophene rings is 1. The van der Waals surface area contributed by atoms with E-state index in [-0.39, 0.29) is 10.1 Å². The fourth-order valence-electron chi connectivity index (χ4n) is 1.69. The first kappa shape index (κ1) is 16.3. The zero-order chi connectivity index (χ0) is 15.8. The van der Waals surface area contributed by atoms with Crippen LogP contribution in [0.1, 0.15) is 23.7 Å². The zero-order valence-electron chi connectivity index (χ0n) is 12.0. The first-order chi connectivity index (χ1) is 9.77. The average Bonchev–Trinajstić information content (AvgIpc) is 2.87. The van der Waals surface area contributed by atoms with Crippen molar-refractivity contribution in [1.82, 2.24) is 5.16 Å². The van der Waals surface area contributed by atoms with Gasteiger partial charge in [0, 0.05) is 11.1 Å². The summed E-state index contributed by atoms with van der Waals surface area (Å²) in [6, 6.07) is 0. The van der Waals surface area contributed by atoms with Crippen molar-refractivity contribution >= 4 is 43.2 Å². The lowest BCUT2D eigenvalue weighted by atomic mass is 10.3. The van der Waals surface area contributed by atoms with Crippen molar-refractivity contribution < 1.29 is 17.7 Å². The number of sulfonamides is 1. The fourth-order valence-corrected chi connectivity index (χ4v) is 5.46. The van der Waals surface area contributed by atoms with E-state index in [0.717, 1.165) is 11.3 Å². The molecular weight excluding hydrogens is 380 g/mol. The van der Waals surface area contributed by atoms with Gasteiger partial charge in [0.15, 0.2) is 0 Å². The number of ether oxygens (including phenoxy) is 1. The Bertz CT molecular complexity index is 765. The van der Waals surface area contributed by atoms with Crippen LogP contribution in [0.4, 0.5) is 5.88 Å². The Morgan fingerprint density at radius 3 is 2.52 bits per heavy atom. The third kappa shape index (κ3) is 3.09. The highest BCUT2D eigenvalue weighted by Crippen LogP contribution is 2.42. The highest BCUT2D eigenvalue weighted by atomic mass is 79.9. The highest BCUT2D eigenvalue weighted by molar-refractivity contribution is 9.11. The molecule has 6 nitrogen and oxygen atoms in total. The maximum Gasteiger partial charge on any atom is 0.274 e. The van der Waals surface area contributed by atoms with Gasteiger partial charge >= 0.3 is 0 Å². The van der Waals surface area contributed by atoms with Crippen molar-refractivity contribution in [2.45, 2.75) is 31.9 Å². The first-order valence-electron chi connectivity index (χ1n) is 6.15. The summed E-state index contributed by atoms with van der Waals surface area (Å²) < 4.78 is 38.7. The van der Waals surface area contributed by atoms with Crippen molar-refractivity contribution in [3.05, 3.63) is 20.6 Å². The van der Waals surface area contributed by atoms with Crippen LogP contribution < -0.4 is 9.46 Å². The molecule has 2 aromatic heterocycles. The van der Waals surface area contributed by atoms with Gasteiger partial charge in [-0.05, 0) is 43.6 Å². The molecule has 21 heavy (non-hydrogen) atoms. The summed E-state index contributed by atoms with van der Waals surface area (Å²) in [6.07, 6.45) is 0. The molecule has 0 fully saturated rings. The lowest BCUT2D eigenvalue weighted by Gasteiger charge is -2.06. The molecule has 0 aromatic carbocycles. The molecule has 9 heteroatoms. The van der Waals surface area contributed by atoms with Gasteiger partial charge in [-0.1, -0.05) is 5.16 Å². The third-order valence-corrected chi connectivity index (χ3v) is 6.78. The molecule has 2 heterocycles. The van der Waals surface area contributed by atoms with Gasteiger partial charge in [0.1, 0.15) is 13.7 Å². The van der Waals surface area contributed by atoms with Gasteiger partial charge in [-0.3, -0.25) is 0 Å². The van der Waals surface area contributed by atoms with Crippen molar-refractivity contribution in [2.75, 3.05) is 11.3 Å². The minimum Gasteiger partial charge on any atom is -0.491 e. The molecule has 0 spiro atoms. The Labute approximate surface area is 135 Å². The lowest BCUT2D eigenvalue weighted by molar-refractivity contribution is 0.337. The van der Waals surface area contributed by atoms with E-state index in [1.54, 1.807) is 20.8 Å². The van der Waals surface area contributed by atoms with E-state index in [1.807, 2.05) is 6.92 Å². The maximum atomic E-state index is 12.5. The molecule has 0 radical (unpaired) electrons. The molecule has 0 amide bonds. The molecule has 0 unspecified atom stereocenters. The minimum absolute atomic E-state index is 0.134. The molecule has 0 saturated carbocycles. The van der Waals surface area contributed by atoms with Crippen LogP contribution in [0.15, 0.2) is 12.5 Å². The third-order valence-electron chi connectivity index (χ3n) is 2.92. The topological polar surface area (TPSA) is 81.4 Å². The predicted octanol–water partition coefficient (Wildman–Crippen LogP) is 3.62. The summed E-state index contributed by atoms with van der Waals surface area (Å²) in [6.45, 7) is 7.50. The summed E-state index contributed by atoms with van der Waals surface area (Å²) in [5.41, 5.74) is 1.87. The molecule has 0 aliphatic heterocycles. The fraction of sp³-hybridized carbons (Fsp3) is 0.417. The van der Waals surface area contributed by atoms with Crippen LogP contribution in [0.25, 0.3) is 0 Å². The van der Waals surface area contributed by atoms with Crippen LogP contribution in [0.2, 0.25) is 0 Å². The van der Waals surface area contributed by atoms with E-state index in [0.29, 0.717) is 33.0 Å². The number of aromatic nitrogens is 1. The van der Waals surface area contributed by atoms with E-state index in [1.165, 1.54) is 0 Å². The van der Waals surface area contributed by atoms with Crippen LogP contribution in [-0.2, 0) is 10.0 Å². The van der Waals surface area contributed by atoms with Crippen molar-refractivity contribution in [2.24, 2.45) is 0 Å². The Balaban J connectivity index is 2.41. The molecule has 0 bridgehead atoms. The Kier molecular flexibility index (Phi) is 4.64. The second-order valence-electron chi connectivity index (χ2n) is 4.38. The highest BCUT2D eigenvalue weighted by Gasteiger charge is 2.27. The average molecular weight is 395 g/mol. The van der Waals surface area contributed by atoms with Crippen LogP contribution >= 0.6 is 27.3 Å². The number of hydrogen-bond donors (Lipinski definition) is 1. The summed E-state index contributed by atoms with van der Waals surface area (Å²) in [7, 11) is -3.75. The van der Waals surface area contributed by atoms with E-state index < -0.39 is 10.0 Å². The smallest absolute Gasteiger partial charge is 0.274 e. The number of halogens is 1. The van der Waals surface area contributed by atoms with Crippen LogP contribution in [0.3, 0.4) is 0 Å². The quantitative estimate of drug-likeness (QED) is 0.836. The molecule has 1 N–H and O–H groups in total. The minimum atomic E-state index is -3.75. The van der Waals surface area contributed by atoms with Gasteiger partial charge in [0.25, 0.3) is 10.0 Å². The molecule has 2 rings (SSSR count). The molecule has 0 aliphatic rings. The second-order valence-corrected chi connectivity index (χ2v) is 8.59. The van der Waals surface area contributed by atoms with Gasteiger partial charge in [-0.25, -0.2) is 13.1 Å². The molecular formula is C12H15BrN2O4S2. The van der Waals surface area contributed by atoms with Crippen LogP contribution in [0.5, 0.6) is 5.75 Å². The lowest BCUT2D eigenvalue weighted by Crippen LogP contribution is -2.13. The molecule has 0 atom stereocenters. The number of nitrogens with zero attached hydrogens (tertiary/aromatic N) is 1. The van der Waals surface area contributed by atoms with E-state index >= 15 is 0 Å². The standard InChI is InChI=1S/C12H15BrN2O4S2/c1-5-18-9-7(3)12(20-10(9)13)21(16,17)15-11-6(2)8(4)14-19-11/h15H,5H2,1-4H3. The maximum absolute atomic E-state index is 12.5. The summed E-state index contributed by atoms with van der Waals surface area (Å²) >= 11 is 4.43. The van der Waals surface area contributed by atoms with Crippen LogP contribution in [0, 0.1) is 20.8 Å². The predicted molar refractivity (Wildman–Crippen MR) is 84.7 cm³/mol. The molecule has 2 aromatic rings. The number of nitrogens with one attached hydrogen (secondary N) is 1. The second kappa shape index (κ2) is 5.98. The van der Waals surface area contributed by atoms with E-state index in [4.69, 9.17) is 9.26 Å². The van der Waals surface area contributed by atoms with Gasteiger partial charge < -0.3 is 9.26 Å². The summed E-state index contributed by atoms with van der Waals surface area (Å²) in [5, 5.41) is 3.74. The Morgan fingerprint density at radius 2 is 2.00 bits per heavy atom. The normalized spacial score (nSPS) is 11.7. The number of anilines is 1. The largest absolute Gasteiger partial charge is 0.491 e.